The van der Waals surface area contributed by atoms with Gasteiger partial charge in [-0.15, -0.1) is 11.3 Å². The van der Waals surface area contributed by atoms with E-state index in [1.165, 1.54) is 6.07 Å². The molecule has 0 bridgehead atoms. The molecule has 114 valence electrons. The van der Waals surface area contributed by atoms with Crippen molar-refractivity contribution >= 4 is 11.3 Å². The lowest BCUT2D eigenvalue weighted by Gasteiger charge is -2.18. The molecule has 1 aromatic heterocycles. The van der Waals surface area contributed by atoms with Gasteiger partial charge in [-0.2, -0.15) is 0 Å². The number of halogens is 1. The van der Waals surface area contributed by atoms with Gasteiger partial charge in [-0.1, -0.05) is 45.9 Å². The maximum Gasteiger partial charge on any atom is 0.128 e. The molecule has 2 rings (SSSR count). The molecule has 1 unspecified atom stereocenters. The Morgan fingerprint density at radius 1 is 1.29 bits per heavy atom. The minimum atomic E-state index is -0.182. The smallest absolute Gasteiger partial charge is 0.128 e. The summed E-state index contributed by atoms with van der Waals surface area (Å²) in [5.74, 6) is -0.182. The van der Waals surface area contributed by atoms with Crippen LogP contribution in [0.5, 0.6) is 0 Å². The summed E-state index contributed by atoms with van der Waals surface area (Å²) in [5.41, 5.74) is 1.74. The SMILES string of the molecule is CCCNC(c1nc(C(C)(C)C)cs1)c1ccccc1F. The molecule has 2 aromatic rings. The second-order valence-corrected chi connectivity index (χ2v) is 7.12. The zero-order valence-corrected chi connectivity index (χ0v) is 13.9. The third-order valence-electron chi connectivity index (χ3n) is 3.35. The number of rotatable bonds is 5. The fraction of sp³-hybridized carbons (Fsp3) is 0.471. The van der Waals surface area contributed by atoms with E-state index < -0.39 is 0 Å². The quantitative estimate of drug-likeness (QED) is 0.868. The van der Waals surface area contributed by atoms with Gasteiger partial charge in [-0.25, -0.2) is 9.37 Å². The molecule has 0 saturated heterocycles. The van der Waals surface area contributed by atoms with E-state index in [-0.39, 0.29) is 17.3 Å². The van der Waals surface area contributed by atoms with Crippen LogP contribution in [0.3, 0.4) is 0 Å². The van der Waals surface area contributed by atoms with Crippen LogP contribution in [0.1, 0.15) is 56.4 Å². The number of hydrogen-bond donors (Lipinski definition) is 1. The highest BCUT2D eigenvalue weighted by Crippen LogP contribution is 2.31. The van der Waals surface area contributed by atoms with Crippen LogP contribution in [0.25, 0.3) is 0 Å². The van der Waals surface area contributed by atoms with E-state index in [1.54, 1.807) is 17.4 Å². The number of hydrogen-bond acceptors (Lipinski definition) is 3. The summed E-state index contributed by atoms with van der Waals surface area (Å²) in [5, 5.41) is 6.42. The Morgan fingerprint density at radius 2 is 2.00 bits per heavy atom. The van der Waals surface area contributed by atoms with E-state index in [0.29, 0.717) is 5.56 Å². The molecule has 0 aliphatic carbocycles. The van der Waals surface area contributed by atoms with Crippen molar-refractivity contribution in [2.24, 2.45) is 0 Å². The van der Waals surface area contributed by atoms with Crippen LogP contribution in [-0.4, -0.2) is 11.5 Å². The first-order chi connectivity index (χ1) is 9.93. The fourth-order valence-corrected chi connectivity index (χ4v) is 3.23. The van der Waals surface area contributed by atoms with Gasteiger partial charge in [-0.3, -0.25) is 0 Å². The number of nitrogens with one attached hydrogen (secondary N) is 1. The molecule has 1 atom stereocenters. The monoisotopic (exact) mass is 306 g/mol. The second-order valence-electron chi connectivity index (χ2n) is 6.23. The molecule has 0 fully saturated rings. The highest BCUT2D eigenvalue weighted by atomic mass is 32.1. The lowest BCUT2D eigenvalue weighted by atomic mass is 9.93. The van der Waals surface area contributed by atoms with Crippen LogP contribution >= 0.6 is 11.3 Å². The summed E-state index contributed by atoms with van der Waals surface area (Å²) >= 11 is 1.60. The maximum atomic E-state index is 14.1. The highest BCUT2D eigenvalue weighted by molar-refractivity contribution is 7.09. The van der Waals surface area contributed by atoms with Crippen LogP contribution in [0.15, 0.2) is 29.6 Å². The van der Waals surface area contributed by atoms with Crippen molar-refractivity contribution < 1.29 is 4.39 Å². The molecule has 0 saturated carbocycles. The number of thiazole rings is 1. The molecular weight excluding hydrogens is 283 g/mol. The summed E-state index contributed by atoms with van der Waals surface area (Å²) in [4.78, 5) is 4.74. The lowest BCUT2D eigenvalue weighted by molar-refractivity contribution is 0.535. The van der Waals surface area contributed by atoms with Gasteiger partial charge in [0, 0.05) is 16.4 Å². The van der Waals surface area contributed by atoms with E-state index in [0.717, 1.165) is 23.7 Å². The second kappa shape index (κ2) is 6.67. The first kappa shape index (κ1) is 16.1. The molecule has 21 heavy (non-hydrogen) atoms. The largest absolute Gasteiger partial charge is 0.304 e. The Kier molecular flexibility index (Phi) is 5.12. The third kappa shape index (κ3) is 3.89. The molecule has 1 aromatic carbocycles. The third-order valence-corrected chi connectivity index (χ3v) is 4.26. The van der Waals surface area contributed by atoms with Gasteiger partial charge in [-0.05, 0) is 19.0 Å². The van der Waals surface area contributed by atoms with Crippen LogP contribution in [-0.2, 0) is 5.41 Å². The average molecular weight is 306 g/mol. The van der Waals surface area contributed by atoms with Gasteiger partial charge in [0.15, 0.2) is 0 Å². The number of aromatic nitrogens is 1. The Balaban J connectivity index is 2.37. The fourth-order valence-electron chi connectivity index (χ4n) is 2.09. The zero-order valence-electron chi connectivity index (χ0n) is 13.1. The maximum absolute atomic E-state index is 14.1. The van der Waals surface area contributed by atoms with Crippen LogP contribution in [0.4, 0.5) is 4.39 Å². The van der Waals surface area contributed by atoms with Gasteiger partial charge in [0.2, 0.25) is 0 Å². The molecule has 1 heterocycles. The van der Waals surface area contributed by atoms with E-state index in [9.17, 15) is 4.39 Å². The Hall–Kier alpha value is -1.26. The van der Waals surface area contributed by atoms with Gasteiger partial charge in [0.25, 0.3) is 0 Å². The highest BCUT2D eigenvalue weighted by Gasteiger charge is 2.23. The minimum absolute atomic E-state index is 0.0132. The van der Waals surface area contributed by atoms with Crippen LogP contribution in [0, 0.1) is 5.82 Å². The van der Waals surface area contributed by atoms with E-state index >= 15 is 0 Å². The van der Waals surface area contributed by atoms with E-state index in [2.05, 4.69) is 38.4 Å². The molecular formula is C17H23FN2S. The van der Waals surface area contributed by atoms with Crippen molar-refractivity contribution in [1.29, 1.82) is 0 Å². The Bertz CT molecular complexity index is 586. The van der Waals surface area contributed by atoms with Crippen molar-refractivity contribution in [3.05, 3.63) is 51.7 Å². The van der Waals surface area contributed by atoms with Gasteiger partial charge >= 0.3 is 0 Å². The number of nitrogens with zero attached hydrogens (tertiary/aromatic N) is 1. The summed E-state index contributed by atoms with van der Waals surface area (Å²) < 4.78 is 14.1. The molecule has 1 N–H and O–H groups in total. The van der Waals surface area contributed by atoms with Crippen LogP contribution in [0.2, 0.25) is 0 Å². The zero-order chi connectivity index (χ0) is 15.5. The topological polar surface area (TPSA) is 24.9 Å². The van der Waals surface area contributed by atoms with E-state index in [1.807, 2.05) is 12.1 Å². The minimum Gasteiger partial charge on any atom is -0.304 e. The molecule has 0 radical (unpaired) electrons. The van der Waals surface area contributed by atoms with Gasteiger partial charge in [0.05, 0.1) is 11.7 Å². The first-order valence-electron chi connectivity index (χ1n) is 7.37. The number of benzene rings is 1. The lowest BCUT2D eigenvalue weighted by Crippen LogP contribution is -2.24. The Morgan fingerprint density at radius 3 is 2.57 bits per heavy atom. The summed E-state index contributed by atoms with van der Waals surface area (Å²) in [6.45, 7) is 9.37. The Labute approximate surface area is 130 Å². The van der Waals surface area contributed by atoms with Crippen molar-refractivity contribution in [2.75, 3.05) is 6.54 Å². The summed E-state index contributed by atoms with van der Waals surface area (Å²) in [6, 6.07) is 6.76. The summed E-state index contributed by atoms with van der Waals surface area (Å²) in [6.07, 6.45) is 1.00. The van der Waals surface area contributed by atoms with Crippen molar-refractivity contribution in [1.82, 2.24) is 10.3 Å². The normalized spacial score (nSPS) is 13.4. The predicted molar refractivity (Wildman–Crippen MR) is 87.4 cm³/mol. The summed E-state index contributed by atoms with van der Waals surface area (Å²) in [7, 11) is 0. The van der Waals surface area contributed by atoms with E-state index in [4.69, 9.17) is 4.98 Å². The first-order valence-corrected chi connectivity index (χ1v) is 8.25. The average Bonchev–Trinajstić information content (AvgIpc) is 2.91. The standard InChI is InChI=1S/C17H23FN2S/c1-5-10-19-15(12-8-6-7-9-13(12)18)16-20-14(11-21-16)17(2,3)4/h6-9,11,15,19H,5,10H2,1-4H3. The molecule has 4 heteroatoms. The van der Waals surface area contributed by atoms with Crippen molar-refractivity contribution in [3.63, 3.8) is 0 Å². The van der Waals surface area contributed by atoms with Crippen molar-refractivity contribution in [3.8, 4) is 0 Å². The molecule has 0 aliphatic heterocycles. The molecule has 2 nitrogen and oxygen atoms in total. The van der Waals surface area contributed by atoms with Crippen LogP contribution < -0.4 is 5.32 Å². The molecule has 0 aliphatic rings. The molecule has 0 spiro atoms. The molecule has 0 amide bonds. The predicted octanol–water partition coefficient (Wildman–Crippen LogP) is 4.67. The van der Waals surface area contributed by atoms with Crippen molar-refractivity contribution in [2.45, 2.75) is 45.6 Å². The van der Waals surface area contributed by atoms with Gasteiger partial charge < -0.3 is 5.32 Å². The van der Waals surface area contributed by atoms with Gasteiger partial charge in [0.1, 0.15) is 10.8 Å².